The Morgan fingerprint density at radius 2 is 1.31 bits per heavy atom. The Morgan fingerprint density at radius 3 is 1.98 bits per heavy atom. The van der Waals surface area contributed by atoms with Gasteiger partial charge < -0.3 is 60.9 Å². The third kappa shape index (κ3) is 4.93. The van der Waals surface area contributed by atoms with Crippen LogP contribution in [0, 0.1) is 0 Å². The van der Waals surface area contributed by atoms with Gasteiger partial charge in [-0.25, -0.2) is 0 Å². The van der Waals surface area contributed by atoms with Gasteiger partial charge in [0.05, 0.1) is 12.2 Å². The number of phenols is 9. The van der Waals surface area contributed by atoms with E-state index in [1.807, 2.05) is 0 Å². The maximum absolute atomic E-state index is 11.4. The van der Waals surface area contributed by atoms with Crippen LogP contribution in [0.1, 0.15) is 39.8 Å². The Bertz CT molecular complexity index is 1670. The van der Waals surface area contributed by atoms with Crippen molar-refractivity contribution in [3.63, 3.8) is 0 Å². The van der Waals surface area contributed by atoms with Gasteiger partial charge in [0.2, 0.25) is 11.5 Å². The number of benzene rings is 4. The Labute approximate surface area is 238 Å². The predicted molar refractivity (Wildman–Crippen MR) is 145 cm³/mol. The van der Waals surface area contributed by atoms with Crippen LogP contribution in [0.4, 0.5) is 0 Å². The number of phenolic OH excluding ortho intramolecular Hbond substituents is 9. The molecule has 0 spiro atoms. The van der Waals surface area contributed by atoms with Crippen LogP contribution in [-0.2, 0) is 12.8 Å². The van der Waals surface area contributed by atoms with E-state index in [1.165, 1.54) is 36.4 Å². The minimum absolute atomic E-state index is 0.0335. The average molecular weight is 581 g/mol. The van der Waals surface area contributed by atoms with Crippen LogP contribution in [0.2, 0.25) is 0 Å². The van der Waals surface area contributed by atoms with E-state index in [0.717, 1.165) is 18.2 Å². The molecular weight excluding hydrogens is 552 g/mol. The van der Waals surface area contributed by atoms with Gasteiger partial charge in [0, 0.05) is 35.4 Å². The molecule has 1 heterocycles. The summed E-state index contributed by atoms with van der Waals surface area (Å²) >= 11 is 0. The molecule has 0 aliphatic carbocycles. The molecule has 4 atom stereocenters. The van der Waals surface area contributed by atoms with E-state index in [1.54, 1.807) is 0 Å². The lowest BCUT2D eigenvalue weighted by atomic mass is 9.81. The van der Waals surface area contributed by atoms with Crippen molar-refractivity contribution in [2.75, 3.05) is 0 Å². The summed E-state index contributed by atoms with van der Waals surface area (Å²) < 4.78 is 5.84. The molecule has 0 saturated carbocycles. The summed E-state index contributed by atoms with van der Waals surface area (Å²) in [6, 6.07) is 11.3. The van der Waals surface area contributed by atoms with Crippen LogP contribution in [0.3, 0.4) is 0 Å². The standard InChI is InChI=1S/C30H28O12/c31-17-4-1-12(8-20(17)34)24(22(36)9-13-2-6-19(33)27(40)25(13)38)16-7-15-11-23(37)29(42-30(15)28(41)26(16)39)14-3-5-18(32)21(35)10-14/h1-8,10,22-24,29,31-41H,9,11H2/t22-,23+,24+,29-/m1/s1. The summed E-state index contributed by atoms with van der Waals surface area (Å²) in [4.78, 5) is 0. The first-order valence-corrected chi connectivity index (χ1v) is 12.7. The SMILES string of the molecule is Oc1ccc([C@@H](c2cc3c(c(O)c2O)O[C@H](c2ccc(O)c(O)c2)[C@@H](O)C3)[C@H](O)Cc2ccc(O)c(O)c2O)cc1O. The van der Waals surface area contributed by atoms with Gasteiger partial charge in [0.1, 0.15) is 0 Å². The van der Waals surface area contributed by atoms with E-state index in [2.05, 4.69) is 0 Å². The molecule has 4 aromatic carbocycles. The lowest BCUT2D eigenvalue weighted by molar-refractivity contribution is 0.0185. The average Bonchev–Trinajstić information content (AvgIpc) is 2.95. The highest BCUT2D eigenvalue weighted by molar-refractivity contribution is 5.63. The monoisotopic (exact) mass is 580 g/mol. The number of aliphatic hydroxyl groups is 2. The summed E-state index contributed by atoms with van der Waals surface area (Å²) in [5.74, 6) is -6.66. The van der Waals surface area contributed by atoms with E-state index < -0.39 is 70.2 Å². The normalized spacial score (nSPS) is 17.7. The first-order valence-electron chi connectivity index (χ1n) is 12.7. The molecule has 11 N–H and O–H groups in total. The van der Waals surface area contributed by atoms with Crippen LogP contribution < -0.4 is 4.74 Å². The van der Waals surface area contributed by atoms with Gasteiger partial charge in [0.15, 0.2) is 52.1 Å². The summed E-state index contributed by atoms with van der Waals surface area (Å²) in [6.45, 7) is 0. The van der Waals surface area contributed by atoms with Gasteiger partial charge in [-0.05, 0) is 47.5 Å². The predicted octanol–water partition coefficient (Wildman–Crippen LogP) is 2.81. The van der Waals surface area contributed by atoms with E-state index in [0.29, 0.717) is 0 Å². The zero-order chi connectivity index (χ0) is 30.5. The Balaban J connectivity index is 1.59. The third-order valence-electron chi connectivity index (χ3n) is 7.41. The molecule has 4 aromatic rings. The van der Waals surface area contributed by atoms with E-state index in [9.17, 15) is 56.2 Å². The molecule has 12 heteroatoms. The zero-order valence-corrected chi connectivity index (χ0v) is 21.7. The smallest absolute Gasteiger partial charge is 0.201 e. The lowest BCUT2D eigenvalue weighted by Crippen LogP contribution is -2.31. The van der Waals surface area contributed by atoms with Gasteiger partial charge in [0.25, 0.3) is 0 Å². The lowest BCUT2D eigenvalue weighted by Gasteiger charge is -2.33. The molecule has 0 amide bonds. The number of hydrogen-bond donors (Lipinski definition) is 11. The second kappa shape index (κ2) is 10.7. The van der Waals surface area contributed by atoms with Crippen LogP contribution >= 0.6 is 0 Å². The topological polar surface area (TPSA) is 232 Å². The molecule has 12 nitrogen and oxygen atoms in total. The van der Waals surface area contributed by atoms with Crippen molar-refractivity contribution in [2.24, 2.45) is 0 Å². The fraction of sp³-hybridized carbons (Fsp3) is 0.200. The van der Waals surface area contributed by atoms with Crippen molar-refractivity contribution in [1.82, 2.24) is 0 Å². The maximum Gasteiger partial charge on any atom is 0.201 e. The second-order valence-electron chi connectivity index (χ2n) is 10.1. The molecule has 1 aliphatic heterocycles. The number of aromatic hydroxyl groups is 9. The molecule has 1 aliphatic rings. The number of aliphatic hydroxyl groups excluding tert-OH is 2. The minimum Gasteiger partial charge on any atom is -0.504 e. The molecule has 0 fully saturated rings. The van der Waals surface area contributed by atoms with E-state index in [4.69, 9.17) is 4.74 Å². The largest absolute Gasteiger partial charge is 0.504 e. The number of hydrogen-bond acceptors (Lipinski definition) is 12. The highest BCUT2D eigenvalue weighted by Gasteiger charge is 2.37. The fourth-order valence-corrected chi connectivity index (χ4v) is 5.25. The molecule has 0 saturated heterocycles. The summed E-state index contributed by atoms with van der Waals surface area (Å²) in [6.07, 6.45) is -4.21. The van der Waals surface area contributed by atoms with Crippen LogP contribution in [0.15, 0.2) is 54.6 Å². The number of fused-ring (bicyclic) bond motifs is 1. The van der Waals surface area contributed by atoms with Gasteiger partial charge in [-0.2, -0.15) is 0 Å². The van der Waals surface area contributed by atoms with E-state index in [-0.39, 0.29) is 52.2 Å². The van der Waals surface area contributed by atoms with Crippen molar-refractivity contribution in [2.45, 2.75) is 37.1 Å². The summed E-state index contributed by atoms with van der Waals surface area (Å²) in [7, 11) is 0. The zero-order valence-electron chi connectivity index (χ0n) is 21.7. The molecule has 0 bridgehead atoms. The van der Waals surface area contributed by atoms with E-state index >= 15 is 0 Å². The highest BCUT2D eigenvalue weighted by Crippen LogP contribution is 2.51. The molecule has 220 valence electrons. The van der Waals surface area contributed by atoms with Crippen LogP contribution in [0.25, 0.3) is 0 Å². The third-order valence-corrected chi connectivity index (χ3v) is 7.41. The minimum atomic E-state index is -1.49. The van der Waals surface area contributed by atoms with Crippen molar-refractivity contribution in [3.8, 4) is 57.5 Å². The number of ether oxygens (including phenoxy) is 1. The van der Waals surface area contributed by atoms with Crippen LogP contribution in [-0.4, -0.2) is 68.4 Å². The van der Waals surface area contributed by atoms with Crippen molar-refractivity contribution in [3.05, 3.63) is 82.4 Å². The first kappa shape index (κ1) is 28.3. The quantitative estimate of drug-likeness (QED) is 0.148. The van der Waals surface area contributed by atoms with Gasteiger partial charge in [-0.3, -0.25) is 0 Å². The molecule has 0 unspecified atom stereocenters. The highest BCUT2D eigenvalue weighted by atomic mass is 16.5. The van der Waals surface area contributed by atoms with Gasteiger partial charge in [-0.1, -0.05) is 18.2 Å². The summed E-state index contributed by atoms with van der Waals surface area (Å²) in [5, 5.41) is 114. The van der Waals surface area contributed by atoms with Gasteiger partial charge in [-0.15, -0.1) is 0 Å². The molecule has 0 aromatic heterocycles. The Hall–Kier alpha value is -5.20. The number of rotatable bonds is 6. The molecular formula is C30H28O12. The molecule has 5 rings (SSSR count). The molecule has 0 radical (unpaired) electrons. The van der Waals surface area contributed by atoms with Crippen molar-refractivity contribution < 1.29 is 60.9 Å². The first-order chi connectivity index (χ1) is 19.9. The second-order valence-corrected chi connectivity index (χ2v) is 10.1. The van der Waals surface area contributed by atoms with Crippen LogP contribution in [0.5, 0.6) is 57.5 Å². The summed E-state index contributed by atoms with van der Waals surface area (Å²) in [5.41, 5.74) is 0.701. The van der Waals surface area contributed by atoms with Gasteiger partial charge >= 0.3 is 0 Å². The van der Waals surface area contributed by atoms with Crippen molar-refractivity contribution >= 4 is 0 Å². The maximum atomic E-state index is 11.4. The van der Waals surface area contributed by atoms with Crippen molar-refractivity contribution in [1.29, 1.82) is 0 Å². The Kier molecular flexibility index (Phi) is 7.19. The Morgan fingerprint density at radius 1 is 0.667 bits per heavy atom. The fourth-order valence-electron chi connectivity index (χ4n) is 5.25. The molecule has 42 heavy (non-hydrogen) atoms.